The molecule has 0 aliphatic rings. The second-order valence-electron chi connectivity index (χ2n) is 4.44. The van der Waals surface area contributed by atoms with E-state index in [4.69, 9.17) is 0 Å². The monoisotopic (exact) mass is 216 g/mol. The van der Waals surface area contributed by atoms with Gasteiger partial charge in [-0.2, -0.15) is 0 Å². The van der Waals surface area contributed by atoms with Crippen molar-refractivity contribution in [1.29, 1.82) is 0 Å². The number of aryl methyl sites for hydroxylation is 2. The molecule has 0 saturated carbocycles. The summed E-state index contributed by atoms with van der Waals surface area (Å²) in [5.41, 5.74) is 4.26. The number of unbranched alkanes of at least 4 members (excludes halogenated alkanes) is 2. The SMILES string of the molecule is C=Cc1ccc(CCCCC)cc1CCC. The molecule has 0 bridgehead atoms. The van der Waals surface area contributed by atoms with Crippen LogP contribution in [0.3, 0.4) is 0 Å². The highest BCUT2D eigenvalue weighted by molar-refractivity contribution is 5.53. The maximum absolute atomic E-state index is 3.88. The van der Waals surface area contributed by atoms with Gasteiger partial charge in [0, 0.05) is 0 Å². The Kier molecular flexibility index (Phi) is 5.92. The fourth-order valence-corrected chi connectivity index (χ4v) is 2.08. The molecule has 0 N–H and O–H groups in total. The normalized spacial score (nSPS) is 10.4. The molecule has 1 rings (SSSR count). The Hall–Kier alpha value is -1.04. The van der Waals surface area contributed by atoms with E-state index in [0.29, 0.717) is 0 Å². The Balaban J connectivity index is 2.72. The summed E-state index contributed by atoms with van der Waals surface area (Å²) in [6.45, 7) is 8.36. The number of hydrogen-bond donors (Lipinski definition) is 0. The van der Waals surface area contributed by atoms with Crippen LogP contribution >= 0.6 is 0 Å². The van der Waals surface area contributed by atoms with Crippen LogP contribution in [0.15, 0.2) is 24.8 Å². The number of benzene rings is 1. The first-order valence-corrected chi connectivity index (χ1v) is 6.56. The zero-order valence-corrected chi connectivity index (χ0v) is 10.8. The molecule has 0 aromatic heterocycles. The van der Waals surface area contributed by atoms with Crippen molar-refractivity contribution in [2.45, 2.75) is 52.4 Å². The highest BCUT2D eigenvalue weighted by Gasteiger charge is 2.00. The van der Waals surface area contributed by atoms with E-state index in [1.807, 2.05) is 6.08 Å². The standard InChI is InChI=1S/C16H24/c1-4-7-8-10-14-11-12-15(6-3)16(13-14)9-5-2/h6,11-13H,3-5,7-10H2,1-2H3. The van der Waals surface area contributed by atoms with E-state index in [1.165, 1.54) is 55.2 Å². The fraction of sp³-hybridized carbons (Fsp3) is 0.500. The molecule has 0 unspecified atom stereocenters. The van der Waals surface area contributed by atoms with Crippen molar-refractivity contribution in [2.75, 3.05) is 0 Å². The molecule has 1 aromatic carbocycles. The third-order valence-corrected chi connectivity index (χ3v) is 3.02. The van der Waals surface area contributed by atoms with Gasteiger partial charge in [-0.3, -0.25) is 0 Å². The number of hydrogen-bond acceptors (Lipinski definition) is 0. The summed E-state index contributed by atoms with van der Waals surface area (Å²) in [6.07, 6.45) is 9.53. The Labute approximate surface area is 100 Å². The van der Waals surface area contributed by atoms with Crippen LogP contribution in [0.4, 0.5) is 0 Å². The molecule has 0 spiro atoms. The summed E-state index contributed by atoms with van der Waals surface area (Å²) < 4.78 is 0. The average Bonchev–Trinajstić information content (AvgIpc) is 2.30. The zero-order valence-electron chi connectivity index (χ0n) is 10.8. The van der Waals surface area contributed by atoms with E-state index in [2.05, 4.69) is 38.6 Å². The first-order valence-electron chi connectivity index (χ1n) is 6.56. The molecular weight excluding hydrogens is 192 g/mol. The number of rotatable bonds is 7. The largest absolute Gasteiger partial charge is 0.0985 e. The van der Waals surface area contributed by atoms with Gasteiger partial charge < -0.3 is 0 Å². The van der Waals surface area contributed by atoms with E-state index in [9.17, 15) is 0 Å². The maximum atomic E-state index is 3.88. The molecule has 16 heavy (non-hydrogen) atoms. The first-order chi connectivity index (χ1) is 7.81. The Morgan fingerprint density at radius 3 is 2.50 bits per heavy atom. The van der Waals surface area contributed by atoms with Gasteiger partial charge in [-0.15, -0.1) is 0 Å². The topological polar surface area (TPSA) is 0 Å². The molecule has 0 saturated heterocycles. The highest BCUT2D eigenvalue weighted by Crippen LogP contribution is 2.17. The summed E-state index contributed by atoms with van der Waals surface area (Å²) in [6, 6.07) is 6.85. The van der Waals surface area contributed by atoms with E-state index in [1.54, 1.807) is 0 Å². The lowest BCUT2D eigenvalue weighted by atomic mass is 9.97. The molecule has 0 atom stereocenters. The van der Waals surface area contributed by atoms with Gasteiger partial charge in [0.2, 0.25) is 0 Å². The van der Waals surface area contributed by atoms with E-state index < -0.39 is 0 Å². The summed E-state index contributed by atoms with van der Waals surface area (Å²) in [7, 11) is 0. The Morgan fingerprint density at radius 2 is 1.88 bits per heavy atom. The van der Waals surface area contributed by atoms with Crippen LogP contribution in [0.5, 0.6) is 0 Å². The molecule has 88 valence electrons. The third-order valence-electron chi connectivity index (χ3n) is 3.02. The first kappa shape index (κ1) is 13.0. The summed E-state index contributed by atoms with van der Waals surface area (Å²) >= 11 is 0. The highest BCUT2D eigenvalue weighted by atomic mass is 14.1. The second kappa shape index (κ2) is 7.27. The van der Waals surface area contributed by atoms with Gasteiger partial charge in [-0.1, -0.05) is 64.0 Å². The molecular formula is C16H24. The van der Waals surface area contributed by atoms with Crippen LogP contribution in [0.25, 0.3) is 6.08 Å². The summed E-state index contributed by atoms with van der Waals surface area (Å²) in [5, 5.41) is 0. The summed E-state index contributed by atoms with van der Waals surface area (Å²) in [5.74, 6) is 0. The average molecular weight is 216 g/mol. The van der Waals surface area contributed by atoms with Crippen LogP contribution in [0.1, 0.15) is 56.2 Å². The lowest BCUT2D eigenvalue weighted by molar-refractivity contribution is 0.716. The molecule has 0 radical (unpaired) electrons. The van der Waals surface area contributed by atoms with Gasteiger partial charge in [-0.25, -0.2) is 0 Å². The van der Waals surface area contributed by atoms with Crippen LogP contribution in [-0.4, -0.2) is 0 Å². The smallest absolute Gasteiger partial charge is 0.0230 e. The predicted octanol–water partition coefficient (Wildman–Crippen LogP) is 5.01. The minimum atomic E-state index is 1.17. The molecule has 0 amide bonds. The van der Waals surface area contributed by atoms with Crippen LogP contribution in [0.2, 0.25) is 0 Å². The molecule has 1 aromatic rings. The lowest BCUT2D eigenvalue weighted by Crippen LogP contribution is -1.93. The van der Waals surface area contributed by atoms with Gasteiger partial charge in [0.05, 0.1) is 0 Å². The van der Waals surface area contributed by atoms with Gasteiger partial charge in [0.15, 0.2) is 0 Å². The third kappa shape index (κ3) is 3.84. The van der Waals surface area contributed by atoms with Crippen molar-refractivity contribution in [1.82, 2.24) is 0 Å². The van der Waals surface area contributed by atoms with E-state index >= 15 is 0 Å². The van der Waals surface area contributed by atoms with Gasteiger partial charge in [-0.05, 0) is 36.0 Å². The van der Waals surface area contributed by atoms with Crippen molar-refractivity contribution in [3.63, 3.8) is 0 Å². The Morgan fingerprint density at radius 1 is 1.06 bits per heavy atom. The van der Waals surface area contributed by atoms with Gasteiger partial charge in [0.1, 0.15) is 0 Å². The van der Waals surface area contributed by atoms with Crippen molar-refractivity contribution in [2.24, 2.45) is 0 Å². The van der Waals surface area contributed by atoms with Crippen molar-refractivity contribution >= 4 is 6.08 Å². The maximum Gasteiger partial charge on any atom is -0.0230 e. The molecule has 0 heteroatoms. The quantitative estimate of drug-likeness (QED) is 0.562. The molecule has 0 nitrogen and oxygen atoms in total. The van der Waals surface area contributed by atoms with E-state index in [0.717, 1.165) is 0 Å². The Bertz CT molecular complexity index is 323. The second-order valence-corrected chi connectivity index (χ2v) is 4.44. The fourth-order valence-electron chi connectivity index (χ4n) is 2.08. The lowest BCUT2D eigenvalue weighted by Gasteiger charge is -2.08. The van der Waals surface area contributed by atoms with Crippen LogP contribution in [-0.2, 0) is 12.8 Å². The molecule has 0 aliphatic carbocycles. The minimum Gasteiger partial charge on any atom is -0.0985 e. The molecule has 0 heterocycles. The van der Waals surface area contributed by atoms with Crippen LogP contribution in [0, 0.1) is 0 Å². The molecule has 0 fully saturated rings. The van der Waals surface area contributed by atoms with Crippen molar-refractivity contribution in [3.8, 4) is 0 Å². The zero-order chi connectivity index (χ0) is 11.8. The van der Waals surface area contributed by atoms with Gasteiger partial charge >= 0.3 is 0 Å². The van der Waals surface area contributed by atoms with Crippen LogP contribution < -0.4 is 0 Å². The van der Waals surface area contributed by atoms with Gasteiger partial charge in [0.25, 0.3) is 0 Å². The summed E-state index contributed by atoms with van der Waals surface area (Å²) in [4.78, 5) is 0. The minimum absolute atomic E-state index is 1.17. The predicted molar refractivity (Wildman–Crippen MR) is 73.8 cm³/mol. The van der Waals surface area contributed by atoms with Crippen molar-refractivity contribution in [3.05, 3.63) is 41.5 Å². The van der Waals surface area contributed by atoms with E-state index in [-0.39, 0.29) is 0 Å². The van der Waals surface area contributed by atoms with Crippen molar-refractivity contribution < 1.29 is 0 Å². The molecule has 0 aliphatic heterocycles.